The van der Waals surface area contributed by atoms with Crippen LogP contribution in [0, 0.1) is 4.77 Å². The number of aromatic amines is 1. The van der Waals surface area contributed by atoms with Gasteiger partial charge in [-0.15, -0.1) is 0 Å². The smallest absolute Gasteiger partial charge is 0.177 e. The first-order valence-corrected chi connectivity index (χ1v) is 6.52. The van der Waals surface area contributed by atoms with Gasteiger partial charge in [-0.3, -0.25) is 4.98 Å². The van der Waals surface area contributed by atoms with Crippen LogP contribution in [0.3, 0.4) is 0 Å². The number of nitrogens with zero attached hydrogens (tertiary/aromatic N) is 2. The number of H-pyrrole nitrogens is 1. The second-order valence-electron chi connectivity index (χ2n) is 5.56. The Bertz CT molecular complexity index is 575. The molecule has 2 rings (SSSR count). The monoisotopic (exact) mass is 261 g/mol. The van der Waals surface area contributed by atoms with Gasteiger partial charge in [-0.2, -0.15) is 0 Å². The molecule has 1 unspecified atom stereocenters. The van der Waals surface area contributed by atoms with Gasteiger partial charge in [0.25, 0.3) is 0 Å². The van der Waals surface area contributed by atoms with Gasteiger partial charge in [0, 0.05) is 29.7 Å². The molecule has 2 aromatic rings. The summed E-state index contributed by atoms with van der Waals surface area (Å²) in [5.74, 6) is 0. The Kier molecular flexibility index (Phi) is 3.39. The highest BCUT2D eigenvalue weighted by atomic mass is 32.1. The van der Waals surface area contributed by atoms with Crippen molar-refractivity contribution in [3.63, 3.8) is 0 Å². The quantitative estimate of drug-likeness (QED) is 0.833. The summed E-state index contributed by atoms with van der Waals surface area (Å²) in [6.45, 7) is 8.75. The van der Waals surface area contributed by atoms with Gasteiger partial charge >= 0.3 is 0 Å². The van der Waals surface area contributed by atoms with Crippen LogP contribution in [0.2, 0.25) is 0 Å². The van der Waals surface area contributed by atoms with Crippen LogP contribution in [0.4, 0.5) is 0 Å². The van der Waals surface area contributed by atoms with Crippen LogP contribution in [0.25, 0.3) is 0 Å². The van der Waals surface area contributed by atoms with Crippen molar-refractivity contribution in [3.8, 4) is 0 Å². The van der Waals surface area contributed by atoms with E-state index in [1.807, 2.05) is 30.7 Å². The molecule has 0 bridgehead atoms. The summed E-state index contributed by atoms with van der Waals surface area (Å²) >= 11 is 5.41. The Morgan fingerprint density at radius 2 is 1.89 bits per heavy atom. The van der Waals surface area contributed by atoms with Crippen molar-refractivity contribution < 1.29 is 0 Å². The van der Waals surface area contributed by atoms with Crippen LogP contribution < -0.4 is 0 Å². The van der Waals surface area contributed by atoms with E-state index < -0.39 is 0 Å². The summed E-state index contributed by atoms with van der Waals surface area (Å²) in [6, 6.07) is 4.28. The fourth-order valence-corrected chi connectivity index (χ4v) is 2.45. The molecule has 1 N–H and O–H groups in total. The van der Waals surface area contributed by atoms with Gasteiger partial charge in [0.05, 0.1) is 6.04 Å². The van der Waals surface area contributed by atoms with Gasteiger partial charge in [-0.25, -0.2) is 0 Å². The average Bonchev–Trinajstić information content (AvgIpc) is 2.71. The zero-order chi connectivity index (χ0) is 13.3. The molecule has 0 aliphatic heterocycles. The Morgan fingerprint density at radius 3 is 2.44 bits per heavy atom. The third-order valence-electron chi connectivity index (χ3n) is 3.15. The average molecular weight is 261 g/mol. The van der Waals surface area contributed by atoms with Crippen LogP contribution in [-0.2, 0) is 5.41 Å². The molecule has 96 valence electrons. The van der Waals surface area contributed by atoms with Gasteiger partial charge in [-0.05, 0) is 36.8 Å². The number of nitrogens with one attached hydrogen (secondary N) is 1. The first-order valence-electron chi connectivity index (χ1n) is 6.11. The number of pyridine rings is 1. The molecule has 0 amide bonds. The third kappa shape index (κ3) is 2.38. The topological polar surface area (TPSA) is 33.6 Å². The molecule has 2 heterocycles. The van der Waals surface area contributed by atoms with Gasteiger partial charge in [0.2, 0.25) is 0 Å². The molecule has 0 aromatic carbocycles. The summed E-state index contributed by atoms with van der Waals surface area (Å²) in [5, 5.41) is 0. The number of hydrogen-bond acceptors (Lipinski definition) is 2. The lowest BCUT2D eigenvalue weighted by atomic mass is 9.92. The van der Waals surface area contributed by atoms with E-state index in [1.165, 1.54) is 11.3 Å². The number of aromatic nitrogens is 3. The largest absolute Gasteiger partial charge is 0.337 e. The molecule has 3 nitrogen and oxygen atoms in total. The molecule has 2 aromatic heterocycles. The summed E-state index contributed by atoms with van der Waals surface area (Å²) in [6.07, 6.45) is 5.65. The SMILES string of the molecule is CC(c1ccncc1)n1c(C(C)(C)C)c[nH]c1=S. The van der Waals surface area contributed by atoms with Crippen LogP contribution >= 0.6 is 12.2 Å². The lowest BCUT2D eigenvalue weighted by molar-refractivity contribution is 0.495. The maximum Gasteiger partial charge on any atom is 0.177 e. The first kappa shape index (κ1) is 13.0. The molecule has 1 atom stereocenters. The summed E-state index contributed by atoms with van der Waals surface area (Å²) in [7, 11) is 0. The molecule has 0 aliphatic carbocycles. The highest BCUT2D eigenvalue weighted by molar-refractivity contribution is 7.71. The predicted octanol–water partition coefficient (Wildman–Crippen LogP) is 3.85. The fourth-order valence-electron chi connectivity index (χ4n) is 2.13. The molecule has 0 spiro atoms. The van der Waals surface area contributed by atoms with E-state index in [0.717, 1.165) is 4.77 Å². The fraction of sp³-hybridized carbons (Fsp3) is 0.429. The first-order chi connectivity index (χ1) is 8.41. The predicted molar refractivity (Wildman–Crippen MR) is 76.4 cm³/mol. The Morgan fingerprint density at radius 1 is 1.28 bits per heavy atom. The minimum absolute atomic E-state index is 0.0643. The van der Waals surface area contributed by atoms with E-state index in [9.17, 15) is 0 Å². The molecular weight excluding hydrogens is 242 g/mol. The van der Waals surface area contributed by atoms with Gasteiger partial charge in [0.1, 0.15) is 0 Å². The molecule has 4 heteroatoms. The normalized spacial score (nSPS) is 13.6. The number of hydrogen-bond donors (Lipinski definition) is 1. The van der Waals surface area contributed by atoms with Gasteiger partial charge in [-0.1, -0.05) is 20.8 Å². The van der Waals surface area contributed by atoms with Crippen LogP contribution in [0.5, 0.6) is 0 Å². The van der Waals surface area contributed by atoms with E-state index in [-0.39, 0.29) is 11.5 Å². The third-order valence-corrected chi connectivity index (χ3v) is 3.47. The minimum atomic E-state index is 0.0643. The highest BCUT2D eigenvalue weighted by Gasteiger charge is 2.22. The van der Waals surface area contributed by atoms with Crippen molar-refractivity contribution in [2.24, 2.45) is 0 Å². The second kappa shape index (κ2) is 4.69. The Labute approximate surface area is 113 Å². The number of imidazole rings is 1. The van der Waals surface area contributed by atoms with E-state index in [4.69, 9.17) is 12.2 Å². The van der Waals surface area contributed by atoms with Gasteiger partial charge in [0.15, 0.2) is 4.77 Å². The zero-order valence-electron chi connectivity index (χ0n) is 11.3. The Hall–Kier alpha value is -1.42. The van der Waals surface area contributed by atoms with Crippen molar-refractivity contribution in [2.75, 3.05) is 0 Å². The van der Waals surface area contributed by atoms with Crippen molar-refractivity contribution in [1.29, 1.82) is 0 Å². The van der Waals surface area contributed by atoms with E-state index >= 15 is 0 Å². The molecule has 18 heavy (non-hydrogen) atoms. The van der Waals surface area contributed by atoms with Crippen molar-refractivity contribution in [2.45, 2.75) is 39.2 Å². The standard InChI is InChI=1S/C14H19N3S/c1-10(11-5-7-15-8-6-11)17-12(14(2,3)4)9-16-13(17)18/h5-10H,1-4H3,(H,16,18). The zero-order valence-corrected chi connectivity index (χ0v) is 12.1. The molecule has 0 saturated heterocycles. The van der Waals surface area contributed by atoms with Crippen molar-refractivity contribution >= 4 is 12.2 Å². The van der Waals surface area contributed by atoms with Crippen LogP contribution in [-0.4, -0.2) is 14.5 Å². The molecule has 0 saturated carbocycles. The van der Waals surface area contributed by atoms with Crippen LogP contribution in [0.15, 0.2) is 30.7 Å². The number of rotatable bonds is 2. The maximum absolute atomic E-state index is 5.41. The second-order valence-corrected chi connectivity index (χ2v) is 5.94. The molecule has 0 radical (unpaired) electrons. The van der Waals surface area contributed by atoms with Crippen LogP contribution in [0.1, 0.15) is 45.0 Å². The Balaban J connectivity index is 2.52. The summed E-state index contributed by atoms with van der Waals surface area (Å²) in [5.41, 5.74) is 2.50. The van der Waals surface area contributed by atoms with Crippen molar-refractivity contribution in [1.82, 2.24) is 14.5 Å². The van der Waals surface area contributed by atoms with Crippen molar-refractivity contribution in [3.05, 3.63) is 46.8 Å². The summed E-state index contributed by atoms with van der Waals surface area (Å²) < 4.78 is 2.95. The van der Waals surface area contributed by atoms with Gasteiger partial charge < -0.3 is 9.55 Å². The lowest BCUT2D eigenvalue weighted by Crippen LogP contribution is -2.20. The molecular formula is C14H19N3S. The van der Waals surface area contributed by atoms with E-state index in [0.29, 0.717) is 0 Å². The van der Waals surface area contributed by atoms with E-state index in [2.05, 4.69) is 42.2 Å². The highest BCUT2D eigenvalue weighted by Crippen LogP contribution is 2.28. The minimum Gasteiger partial charge on any atom is -0.337 e. The molecule has 0 fully saturated rings. The molecule has 0 aliphatic rings. The maximum atomic E-state index is 5.41. The lowest BCUT2D eigenvalue weighted by Gasteiger charge is -2.24. The van der Waals surface area contributed by atoms with E-state index in [1.54, 1.807) is 0 Å². The summed E-state index contributed by atoms with van der Waals surface area (Å²) in [4.78, 5) is 7.22.